The topological polar surface area (TPSA) is 3.24 Å². The third-order valence-corrected chi connectivity index (χ3v) is 10.4. The van der Waals surface area contributed by atoms with Gasteiger partial charge in [0.1, 0.15) is 0 Å². The van der Waals surface area contributed by atoms with Crippen LogP contribution in [0.15, 0.2) is 164 Å². The molecule has 0 heterocycles. The quantitative estimate of drug-likeness (QED) is 0.182. The largest absolute Gasteiger partial charge is 0.310 e. The van der Waals surface area contributed by atoms with Gasteiger partial charge in [-0.1, -0.05) is 149 Å². The highest BCUT2D eigenvalue weighted by Gasteiger charge is 2.35. The Hall–Kier alpha value is -5.40. The first-order chi connectivity index (χ1) is 22.8. The smallest absolute Gasteiger partial charge is 0.0465 e. The monoisotopic (exact) mass is 605 g/mol. The van der Waals surface area contributed by atoms with E-state index in [0.29, 0.717) is 0 Å². The Morgan fingerprint density at radius 3 is 1.72 bits per heavy atom. The molecule has 0 aliphatic heterocycles. The molecule has 1 aliphatic rings. The standard InChI is InChI=1S/C46H39N/c1-45(2,36-14-6-5-7-15-36)37-22-26-39(27-23-37)47(40-28-29-42-41-16-10-11-17-43(41)46(3,4)44(42)31-40)38-24-20-33(21-25-38)35-19-18-32-12-8-9-13-34(32)30-35/h5-31H,1-4H3. The summed E-state index contributed by atoms with van der Waals surface area (Å²) < 4.78 is 0. The molecule has 0 atom stereocenters. The van der Waals surface area contributed by atoms with Crippen molar-refractivity contribution in [3.8, 4) is 22.3 Å². The molecule has 8 rings (SSSR count). The van der Waals surface area contributed by atoms with Crippen LogP contribution in [-0.4, -0.2) is 0 Å². The number of rotatable bonds is 6. The minimum Gasteiger partial charge on any atom is -0.310 e. The molecule has 0 amide bonds. The Balaban J connectivity index is 1.22. The number of anilines is 3. The second-order valence-corrected chi connectivity index (χ2v) is 13.9. The molecule has 1 heteroatoms. The lowest BCUT2D eigenvalue weighted by Crippen LogP contribution is -2.19. The lowest BCUT2D eigenvalue weighted by Gasteiger charge is -2.30. The Kier molecular flexibility index (Phi) is 6.88. The van der Waals surface area contributed by atoms with E-state index < -0.39 is 0 Å². The zero-order chi connectivity index (χ0) is 32.2. The molecule has 0 bridgehead atoms. The summed E-state index contributed by atoms with van der Waals surface area (Å²) in [6.07, 6.45) is 0. The summed E-state index contributed by atoms with van der Waals surface area (Å²) in [5.41, 5.74) is 13.8. The van der Waals surface area contributed by atoms with Crippen molar-refractivity contribution in [3.05, 3.63) is 186 Å². The number of fused-ring (bicyclic) bond motifs is 4. The maximum absolute atomic E-state index is 2.41. The first kappa shape index (κ1) is 29.0. The zero-order valence-corrected chi connectivity index (χ0v) is 27.5. The van der Waals surface area contributed by atoms with Crippen LogP contribution in [0.25, 0.3) is 33.0 Å². The summed E-state index contributed by atoms with van der Waals surface area (Å²) in [5.74, 6) is 0. The SMILES string of the molecule is CC(C)(c1ccccc1)c1ccc(N(c2ccc(-c3ccc4ccccc4c3)cc2)c2ccc3c(c2)C(C)(C)c2ccccc2-3)cc1. The molecule has 228 valence electrons. The van der Waals surface area contributed by atoms with Crippen molar-refractivity contribution in [2.24, 2.45) is 0 Å². The van der Waals surface area contributed by atoms with Gasteiger partial charge in [0.25, 0.3) is 0 Å². The highest BCUT2D eigenvalue weighted by molar-refractivity contribution is 5.89. The zero-order valence-electron chi connectivity index (χ0n) is 27.5. The van der Waals surface area contributed by atoms with Gasteiger partial charge in [-0.25, -0.2) is 0 Å². The summed E-state index contributed by atoms with van der Waals surface area (Å²) in [5, 5.41) is 2.52. The molecule has 0 unspecified atom stereocenters. The van der Waals surface area contributed by atoms with Crippen LogP contribution < -0.4 is 4.90 Å². The molecule has 0 aromatic heterocycles. The second kappa shape index (κ2) is 11.1. The predicted octanol–water partition coefficient (Wildman–Crippen LogP) is 12.6. The molecule has 7 aromatic rings. The molecular weight excluding hydrogens is 567 g/mol. The van der Waals surface area contributed by atoms with Crippen molar-refractivity contribution in [1.29, 1.82) is 0 Å². The fourth-order valence-electron chi connectivity index (χ4n) is 7.50. The van der Waals surface area contributed by atoms with Crippen LogP contribution in [0.1, 0.15) is 49.9 Å². The predicted molar refractivity (Wildman–Crippen MR) is 200 cm³/mol. The lowest BCUT2D eigenvalue weighted by atomic mass is 9.78. The van der Waals surface area contributed by atoms with Crippen LogP contribution in [0.3, 0.4) is 0 Å². The van der Waals surface area contributed by atoms with Gasteiger partial charge in [-0.05, 0) is 97.7 Å². The number of hydrogen-bond donors (Lipinski definition) is 0. The summed E-state index contributed by atoms with van der Waals surface area (Å²) in [7, 11) is 0. The maximum Gasteiger partial charge on any atom is 0.0465 e. The maximum atomic E-state index is 2.41. The van der Waals surface area contributed by atoms with Gasteiger partial charge in [0.2, 0.25) is 0 Å². The molecule has 0 radical (unpaired) electrons. The van der Waals surface area contributed by atoms with Crippen molar-refractivity contribution in [2.45, 2.75) is 38.5 Å². The molecular formula is C46H39N. The summed E-state index contributed by atoms with van der Waals surface area (Å²) >= 11 is 0. The first-order valence-corrected chi connectivity index (χ1v) is 16.6. The van der Waals surface area contributed by atoms with Crippen LogP contribution >= 0.6 is 0 Å². The number of nitrogens with zero attached hydrogens (tertiary/aromatic N) is 1. The van der Waals surface area contributed by atoms with E-state index in [4.69, 9.17) is 0 Å². The third kappa shape index (κ3) is 4.95. The van der Waals surface area contributed by atoms with Gasteiger partial charge in [-0.3, -0.25) is 0 Å². The van der Waals surface area contributed by atoms with Crippen molar-refractivity contribution in [2.75, 3.05) is 4.90 Å². The minimum absolute atomic E-state index is 0.0723. The van der Waals surface area contributed by atoms with Gasteiger partial charge in [0.05, 0.1) is 0 Å². The van der Waals surface area contributed by atoms with E-state index in [9.17, 15) is 0 Å². The fourth-order valence-corrected chi connectivity index (χ4v) is 7.50. The molecule has 0 saturated heterocycles. The average molecular weight is 606 g/mol. The molecule has 0 spiro atoms. The van der Waals surface area contributed by atoms with Crippen LogP contribution in [0.5, 0.6) is 0 Å². The molecule has 1 aliphatic carbocycles. The van der Waals surface area contributed by atoms with E-state index in [1.807, 2.05) is 0 Å². The van der Waals surface area contributed by atoms with Gasteiger partial charge < -0.3 is 4.90 Å². The highest BCUT2D eigenvalue weighted by atomic mass is 15.1. The molecule has 0 N–H and O–H groups in total. The third-order valence-electron chi connectivity index (χ3n) is 10.4. The summed E-state index contributed by atoms with van der Waals surface area (Å²) in [6.45, 7) is 9.32. The second-order valence-electron chi connectivity index (χ2n) is 13.9. The fraction of sp³-hybridized carbons (Fsp3) is 0.130. The minimum atomic E-state index is -0.102. The number of benzene rings is 7. The van der Waals surface area contributed by atoms with E-state index in [2.05, 4.69) is 196 Å². The van der Waals surface area contributed by atoms with E-state index in [0.717, 1.165) is 17.1 Å². The van der Waals surface area contributed by atoms with Crippen LogP contribution in [0.4, 0.5) is 17.1 Å². The summed E-state index contributed by atoms with van der Waals surface area (Å²) in [6, 6.07) is 60.2. The average Bonchev–Trinajstić information content (AvgIpc) is 3.35. The van der Waals surface area contributed by atoms with Gasteiger partial charge in [0.15, 0.2) is 0 Å². The van der Waals surface area contributed by atoms with Crippen molar-refractivity contribution < 1.29 is 0 Å². The van der Waals surface area contributed by atoms with Crippen molar-refractivity contribution in [1.82, 2.24) is 0 Å². The van der Waals surface area contributed by atoms with Gasteiger partial charge in [0, 0.05) is 27.9 Å². The first-order valence-electron chi connectivity index (χ1n) is 16.6. The summed E-state index contributed by atoms with van der Waals surface area (Å²) in [4.78, 5) is 2.41. The van der Waals surface area contributed by atoms with E-state index in [1.165, 1.54) is 55.3 Å². The van der Waals surface area contributed by atoms with Gasteiger partial charge in [-0.2, -0.15) is 0 Å². The highest BCUT2D eigenvalue weighted by Crippen LogP contribution is 2.50. The van der Waals surface area contributed by atoms with Crippen LogP contribution in [0, 0.1) is 0 Å². The van der Waals surface area contributed by atoms with E-state index in [1.54, 1.807) is 0 Å². The van der Waals surface area contributed by atoms with Crippen LogP contribution in [-0.2, 0) is 10.8 Å². The molecule has 1 nitrogen and oxygen atoms in total. The Morgan fingerprint density at radius 2 is 0.979 bits per heavy atom. The van der Waals surface area contributed by atoms with E-state index >= 15 is 0 Å². The van der Waals surface area contributed by atoms with Gasteiger partial charge in [-0.15, -0.1) is 0 Å². The number of hydrogen-bond acceptors (Lipinski definition) is 1. The van der Waals surface area contributed by atoms with Crippen molar-refractivity contribution >= 4 is 27.8 Å². The normalized spacial score (nSPS) is 13.3. The van der Waals surface area contributed by atoms with Crippen LogP contribution in [0.2, 0.25) is 0 Å². The Labute approximate surface area is 278 Å². The van der Waals surface area contributed by atoms with Gasteiger partial charge >= 0.3 is 0 Å². The Morgan fingerprint density at radius 1 is 0.426 bits per heavy atom. The lowest BCUT2D eigenvalue weighted by molar-refractivity contribution is 0.641. The Bertz CT molecular complexity index is 2220. The van der Waals surface area contributed by atoms with Crippen molar-refractivity contribution in [3.63, 3.8) is 0 Å². The molecule has 0 saturated carbocycles. The molecule has 0 fully saturated rings. The molecule has 47 heavy (non-hydrogen) atoms. The van der Waals surface area contributed by atoms with E-state index in [-0.39, 0.29) is 10.8 Å². The molecule has 7 aromatic carbocycles.